The molecule has 17 heavy (non-hydrogen) atoms. The standard InChI is InChI=1S/C12H18N2O3/c15-11-6-8(7-14(11)9-3-4-9)13-12(16)10-2-1-5-17-10/h8-10H,1-7H2,(H,13,16). The minimum atomic E-state index is -0.292. The van der Waals surface area contributed by atoms with Gasteiger partial charge in [-0.05, 0) is 25.7 Å². The number of hydrogen-bond donors (Lipinski definition) is 1. The molecule has 2 amide bonds. The van der Waals surface area contributed by atoms with Gasteiger partial charge in [0, 0.05) is 25.6 Å². The van der Waals surface area contributed by atoms with Crippen LogP contribution in [-0.4, -0.2) is 48.1 Å². The summed E-state index contributed by atoms with van der Waals surface area (Å²) in [4.78, 5) is 25.5. The van der Waals surface area contributed by atoms with E-state index >= 15 is 0 Å². The van der Waals surface area contributed by atoms with Crippen LogP contribution in [0.5, 0.6) is 0 Å². The Balaban J connectivity index is 1.52. The Labute approximate surface area is 100 Å². The van der Waals surface area contributed by atoms with Crippen LogP contribution in [0, 0.1) is 0 Å². The normalized spacial score (nSPS) is 33.2. The number of carbonyl (C=O) groups excluding carboxylic acids is 2. The molecule has 2 aliphatic heterocycles. The number of amides is 2. The quantitative estimate of drug-likeness (QED) is 0.755. The molecule has 1 N–H and O–H groups in total. The lowest BCUT2D eigenvalue weighted by Crippen LogP contribution is -2.42. The van der Waals surface area contributed by atoms with Crippen molar-refractivity contribution in [2.24, 2.45) is 0 Å². The minimum Gasteiger partial charge on any atom is -0.368 e. The van der Waals surface area contributed by atoms with Crippen molar-refractivity contribution in [2.75, 3.05) is 13.2 Å². The lowest BCUT2D eigenvalue weighted by atomic mass is 10.2. The second kappa shape index (κ2) is 4.29. The number of likely N-dealkylation sites (tertiary alicyclic amines) is 1. The lowest BCUT2D eigenvalue weighted by molar-refractivity contribution is -0.130. The fraction of sp³-hybridized carbons (Fsp3) is 0.833. The van der Waals surface area contributed by atoms with Crippen molar-refractivity contribution in [3.8, 4) is 0 Å². The minimum absolute atomic E-state index is 0.0141. The molecule has 1 saturated carbocycles. The van der Waals surface area contributed by atoms with Crippen LogP contribution >= 0.6 is 0 Å². The van der Waals surface area contributed by atoms with Crippen LogP contribution < -0.4 is 5.32 Å². The predicted octanol–water partition coefficient (Wildman–Crippen LogP) is 0.0449. The number of rotatable bonds is 3. The third kappa shape index (κ3) is 2.29. The zero-order valence-corrected chi connectivity index (χ0v) is 9.85. The molecule has 3 rings (SSSR count). The molecule has 3 fully saturated rings. The zero-order chi connectivity index (χ0) is 11.8. The first-order chi connectivity index (χ1) is 8.24. The highest BCUT2D eigenvalue weighted by Crippen LogP contribution is 2.30. The molecule has 2 saturated heterocycles. The van der Waals surface area contributed by atoms with E-state index in [1.165, 1.54) is 0 Å². The summed E-state index contributed by atoms with van der Waals surface area (Å²) in [6.45, 7) is 1.36. The first-order valence-corrected chi connectivity index (χ1v) is 6.45. The molecule has 2 unspecified atom stereocenters. The molecule has 5 nitrogen and oxygen atoms in total. The van der Waals surface area contributed by atoms with Crippen molar-refractivity contribution in [3.05, 3.63) is 0 Å². The van der Waals surface area contributed by atoms with E-state index in [1.807, 2.05) is 4.90 Å². The van der Waals surface area contributed by atoms with E-state index in [1.54, 1.807) is 0 Å². The fourth-order valence-electron chi connectivity index (χ4n) is 2.65. The Morgan fingerprint density at radius 1 is 1.35 bits per heavy atom. The Kier molecular flexibility index (Phi) is 2.78. The average Bonchev–Trinajstić information content (AvgIpc) is 2.86. The smallest absolute Gasteiger partial charge is 0.249 e. The topological polar surface area (TPSA) is 58.6 Å². The van der Waals surface area contributed by atoms with E-state index in [9.17, 15) is 9.59 Å². The van der Waals surface area contributed by atoms with E-state index in [2.05, 4.69) is 5.32 Å². The first-order valence-electron chi connectivity index (χ1n) is 6.45. The molecule has 3 aliphatic rings. The summed E-state index contributed by atoms with van der Waals surface area (Å²) in [7, 11) is 0. The van der Waals surface area contributed by atoms with Crippen molar-refractivity contribution < 1.29 is 14.3 Å². The third-order valence-corrected chi connectivity index (χ3v) is 3.71. The summed E-state index contributed by atoms with van der Waals surface area (Å²) in [5.41, 5.74) is 0. The molecule has 0 spiro atoms. The summed E-state index contributed by atoms with van der Waals surface area (Å²) >= 11 is 0. The zero-order valence-electron chi connectivity index (χ0n) is 9.85. The van der Waals surface area contributed by atoms with Crippen LogP contribution in [0.15, 0.2) is 0 Å². The van der Waals surface area contributed by atoms with Gasteiger partial charge >= 0.3 is 0 Å². The number of hydrogen-bond acceptors (Lipinski definition) is 3. The van der Waals surface area contributed by atoms with E-state index in [-0.39, 0.29) is 24.0 Å². The summed E-state index contributed by atoms with van der Waals surface area (Å²) < 4.78 is 5.33. The van der Waals surface area contributed by atoms with Gasteiger partial charge in [0.05, 0.1) is 6.04 Å². The summed E-state index contributed by atoms with van der Waals surface area (Å²) in [6, 6.07) is 0.437. The monoisotopic (exact) mass is 238 g/mol. The number of carbonyl (C=O) groups is 2. The van der Waals surface area contributed by atoms with Crippen LogP contribution in [0.3, 0.4) is 0 Å². The fourth-order valence-corrected chi connectivity index (χ4v) is 2.65. The van der Waals surface area contributed by atoms with Crippen LogP contribution in [0.1, 0.15) is 32.1 Å². The Morgan fingerprint density at radius 2 is 2.18 bits per heavy atom. The van der Waals surface area contributed by atoms with Gasteiger partial charge in [0.2, 0.25) is 11.8 Å². The van der Waals surface area contributed by atoms with Gasteiger partial charge in [0.15, 0.2) is 0 Å². The molecule has 1 aliphatic carbocycles. The molecule has 94 valence electrons. The molecule has 0 aromatic carbocycles. The van der Waals surface area contributed by atoms with E-state index in [0.717, 1.165) is 25.7 Å². The number of ether oxygens (including phenoxy) is 1. The highest BCUT2D eigenvalue weighted by Gasteiger charge is 2.40. The second-order valence-electron chi connectivity index (χ2n) is 5.19. The van der Waals surface area contributed by atoms with E-state index in [4.69, 9.17) is 4.74 Å². The van der Waals surface area contributed by atoms with Gasteiger partial charge in [0.25, 0.3) is 0 Å². The number of nitrogens with zero attached hydrogens (tertiary/aromatic N) is 1. The van der Waals surface area contributed by atoms with Gasteiger partial charge in [-0.1, -0.05) is 0 Å². The van der Waals surface area contributed by atoms with Gasteiger partial charge in [-0.15, -0.1) is 0 Å². The summed E-state index contributed by atoms with van der Waals surface area (Å²) in [5.74, 6) is 0.142. The van der Waals surface area contributed by atoms with Crippen LogP contribution in [0.25, 0.3) is 0 Å². The van der Waals surface area contributed by atoms with Crippen molar-refractivity contribution in [1.82, 2.24) is 10.2 Å². The largest absolute Gasteiger partial charge is 0.368 e. The third-order valence-electron chi connectivity index (χ3n) is 3.71. The maximum atomic E-state index is 11.8. The SMILES string of the molecule is O=C(NC1CC(=O)N(C2CC2)C1)C1CCCO1. The molecule has 2 heterocycles. The van der Waals surface area contributed by atoms with Gasteiger partial charge in [-0.3, -0.25) is 9.59 Å². The van der Waals surface area contributed by atoms with Crippen molar-refractivity contribution in [2.45, 2.75) is 50.3 Å². The summed E-state index contributed by atoms with van der Waals surface area (Å²) in [6.07, 6.45) is 4.17. The molecule has 2 atom stereocenters. The maximum absolute atomic E-state index is 11.8. The average molecular weight is 238 g/mol. The van der Waals surface area contributed by atoms with E-state index in [0.29, 0.717) is 25.6 Å². The Bertz CT molecular complexity index is 335. The summed E-state index contributed by atoms with van der Waals surface area (Å²) in [5, 5.41) is 2.94. The highest BCUT2D eigenvalue weighted by atomic mass is 16.5. The highest BCUT2D eigenvalue weighted by molar-refractivity contribution is 5.84. The molecule has 5 heteroatoms. The Morgan fingerprint density at radius 3 is 2.82 bits per heavy atom. The van der Waals surface area contributed by atoms with Crippen LogP contribution in [0.2, 0.25) is 0 Å². The molecule has 0 radical (unpaired) electrons. The van der Waals surface area contributed by atoms with Gasteiger partial charge in [-0.25, -0.2) is 0 Å². The Hall–Kier alpha value is -1.10. The van der Waals surface area contributed by atoms with Gasteiger partial charge in [-0.2, -0.15) is 0 Å². The number of nitrogens with one attached hydrogen (secondary N) is 1. The second-order valence-corrected chi connectivity index (χ2v) is 5.19. The molecular weight excluding hydrogens is 220 g/mol. The van der Waals surface area contributed by atoms with Crippen LogP contribution in [-0.2, 0) is 14.3 Å². The predicted molar refractivity (Wildman–Crippen MR) is 60.3 cm³/mol. The maximum Gasteiger partial charge on any atom is 0.249 e. The lowest BCUT2D eigenvalue weighted by Gasteiger charge is -2.17. The molecule has 0 bridgehead atoms. The van der Waals surface area contributed by atoms with Gasteiger partial charge in [0.1, 0.15) is 6.10 Å². The van der Waals surface area contributed by atoms with Crippen molar-refractivity contribution in [1.29, 1.82) is 0 Å². The van der Waals surface area contributed by atoms with Crippen molar-refractivity contribution in [3.63, 3.8) is 0 Å². The van der Waals surface area contributed by atoms with Gasteiger partial charge < -0.3 is 15.0 Å². The van der Waals surface area contributed by atoms with Crippen LogP contribution in [0.4, 0.5) is 0 Å². The van der Waals surface area contributed by atoms with Crippen molar-refractivity contribution >= 4 is 11.8 Å². The first kappa shape index (κ1) is 11.0. The molecule has 0 aromatic rings. The molecular formula is C12H18N2O3. The molecule has 0 aromatic heterocycles. The van der Waals surface area contributed by atoms with E-state index < -0.39 is 0 Å².